The van der Waals surface area contributed by atoms with E-state index in [4.69, 9.17) is 9.47 Å². The molecule has 41 heavy (non-hydrogen) atoms. The zero-order valence-electron chi connectivity index (χ0n) is 23.1. The van der Waals surface area contributed by atoms with Crippen molar-refractivity contribution in [3.05, 3.63) is 131 Å². The molecule has 1 fully saturated rings. The number of carboxylic acids is 1. The van der Waals surface area contributed by atoms with Gasteiger partial charge in [-0.25, -0.2) is 4.79 Å². The first-order valence-electron chi connectivity index (χ1n) is 13.3. The van der Waals surface area contributed by atoms with E-state index in [1.807, 2.05) is 31.2 Å². The minimum absolute atomic E-state index is 0.256. The van der Waals surface area contributed by atoms with Crippen LogP contribution in [0.3, 0.4) is 0 Å². The number of amides is 1. The second-order valence-corrected chi connectivity index (χ2v) is 10.1. The van der Waals surface area contributed by atoms with Gasteiger partial charge in [-0.1, -0.05) is 60.2 Å². The fourth-order valence-electron chi connectivity index (χ4n) is 5.77. The zero-order chi connectivity index (χ0) is 29.1. The largest absolute Gasteiger partial charge is 0.497 e. The topological polar surface area (TPSA) is 93.1 Å². The van der Waals surface area contributed by atoms with Crippen molar-refractivity contribution in [1.29, 1.82) is 0 Å². The van der Waals surface area contributed by atoms with Crippen LogP contribution >= 0.6 is 0 Å². The molecule has 1 N–H and O–H groups in total. The van der Waals surface area contributed by atoms with Crippen LogP contribution in [0.2, 0.25) is 0 Å². The number of benzene rings is 4. The van der Waals surface area contributed by atoms with Crippen LogP contribution in [0.15, 0.2) is 103 Å². The van der Waals surface area contributed by atoms with Gasteiger partial charge in [-0.2, -0.15) is 0 Å². The molecular weight excluding hydrogens is 518 g/mol. The lowest BCUT2D eigenvalue weighted by Gasteiger charge is -2.30. The number of carbonyl (C=O) groups is 3. The van der Waals surface area contributed by atoms with Crippen LogP contribution in [0.25, 0.3) is 0 Å². The summed E-state index contributed by atoms with van der Waals surface area (Å²) in [6.45, 7) is 1.95. The van der Waals surface area contributed by atoms with E-state index in [2.05, 4.69) is 0 Å². The Labute approximate surface area is 239 Å². The number of Topliss-reactive ketones (excluding diaryl/α,β-unsaturated/α-hetero) is 1. The van der Waals surface area contributed by atoms with Gasteiger partial charge in [-0.05, 0) is 66.6 Å². The highest BCUT2D eigenvalue weighted by atomic mass is 16.5. The van der Waals surface area contributed by atoms with Crippen LogP contribution in [0, 0.1) is 12.8 Å². The Kier molecular flexibility index (Phi) is 7.88. The lowest BCUT2D eigenvalue weighted by molar-refractivity contribution is -0.142. The van der Waals surface area contributed by atoms with Gasteiger partial charge in [0.25, 0.3) is 5.91 Å². The van der Waals surface area contributed by atoms with Crippen molar-refractivity contribution in [3.8, 4) is 11.5 Å². The molecule has 0 spiro atoms. The minimum Gasteiger partial charge on any atom is -0.497 e. The van der Waals surface area contributed by atoms with E-state index >= 15 is 0 Å². The second kappa shape index (κ2) is 11.7. The minimum atomic E-state index is -1.31. The predicted octanol–water partition coefficient (Wildman–Crippen LogP) is 5.95. The summed E-state index contributed by atoms with van der Waals surface area (Å²) in [5, 5.41) is 10.7. The summed E-state index contributed by atoms with van der Waals surface area (Å²) in [6, 6.07) is 27.8. The van der Waals surface area contributed by atoms with Crippen molar-refractivity contribution in [3.63, 3.8) is 0 Å². The number of likely N-dealkylation sites (tertiary alicyclic amines) is 1. The van der Waals surface area contributed by atoms with E-state index in [1.165, 1.54) is 4.90 Å². The van der Waals surface area contributed by atoms with Crippen molar-refractivity contribution in [2.45, 2.75) is 24.9 Å². The van der Waals surface area contributed by atoms with Crippen molar-refractivity contribution in [2.75, 3.05) is 14.2 Å². The maximum Gasteiger partial charge on any atom is 0.327 e. The SMILES string of the molecule is COc1ccc(C(=O)C2C(c3ccc(OC)cc3)C(C(=O)O)N(C(=O)c3ccccc3)C2c2ccc(C)cc2)cc1. The number of ketones is 1. The Hall–Kier alpha value is -4.91. The monoisotopic (exact) mass is 549 g/mol. The fraction of sp³-hybridized carbons (Fsp3) is 0.206. The Bertz CT molecular complexity index is 1530. The molecule has 0 aromatic heterocycles. The average Bonchev–Trinajstić information content (AvgIpc) is 3.37. The van der Waals surface area contributed by atoms with Crippen LogP contribution in [-0.2, 0) is 4.79 Å². The number of ether oxygens (including phenoxy) is 2. The highest BCUT2D eigenvalue weighted by molar-refractivity contribution is 6.03. The molecule has 4 aromatic carbocycles. The van der Waals surface area contributed by atoms with Crippen molar-refractivity contribution in [1.82, 2.24) is 4.90 Å². The van der Waals surface area contributed by atoms with Gasteiger partial charge in [-0.15, -0.1) is 0 Å². The molecule has 0 saturated carbocycles. The van der Waals surface area contributed by atoms with Gasteiger partial charge in [0.05, 0.1) is 26.2 Å². The first kappa shape index (κ1) is 27.6. The number of carbonyl (C=O) groups excluding carboxylic acids is 2. The molecule has 0 radical (unpaired) electrons. The first-order chi connectivity index (χ1) is 19.8. The number of rotatable bonds is 8. The van der Waals surface area contributed by atoms with Crippen molar-refractivity contribution in [2.24, 2.45) is 5.92 Å². The zero-order valence-corrected chi connectivity index (χ0v) is 23.1. The van der Waals surface area contributed by atoms with Gasteiger partial charge in [0, 0.05) is 17.0 Å². The molecule has 1 saturated heterocycles. The third-order valence-corrected chi connectivity index (χ3v) is 7.77. The second-order valence-electron chi connectivity index (χ2n) is 10.1. The normalized spacial score (nSPS) is 19.9. The number of hydrogen-bond acceptors (Lipinski definition) is 5. The fourth-order valence-corrected chi connectivity index (χ4v) is 5.77. The van der Waals surface area contributed by atoms with Gasteiger partial charge in [-0.3, -0.25) is 9.59 Å². The number of hydrogen-bond donors (Lipinski definition) is 1. The summed E-state index contributed by atoms with van der Waals surface area (Å²) >= 11 is 0. The molecule has 0 aliphatic carbocycles. The molecule has 1 amide bonds. The predicted molar refractivity (Wildman–Crippen MR) is 155 cm³/mol. The van der Waals surface area contributed by atoms with E-state index in [0.29, 0.717) is 33.8 Å². The number of nitrogens with zero attached hydrogens (tertiary/aromatic N) is 1. The van der Waals surface area contributed by atoms with Crippen molar-refractivity contribution < 1.29 is 29.0 Å². The molecular formula is C34H31NO6. The molecule has 208 valence electrons. The number of methoxy groups -OCH3 is 2. The molecule has 5 rings (SSSR count). The summed E-state index contributed by atoms with van der Waals surface area (Å²) in [5.74, 6) is -2.43. The molecule has 4 atom stereocenters. The standard InChI is InChI=1S/C34H31NO6/c1-21-9-11-23(12-10-21)30-29(32(36)24-15-19-27(41-3)20-16-24)28(22-13-17-26(40-2)18-14-22)31(34(38)39)35(30)33(37)25-7-5-4-6-8-25/h4-20,28-31H,1-3H3,(H,38,39). The number of aliphatic carboxylic acids is 1. The molecule has 4 unspecified atom stereocenters. The van der Waals surface area contributed by atoms with Crippen LogP contribution in [-0.4, -0.2) is 47.9 Å². The number of aryl methyl sites for hydroxylation is 1. The molecule has 7 nitrogen and oxygen atoms in total. The highest BCUT2D eigenvalue weighted by Gasteiger charge is 2.57. The third kappa shape index (κ3) is 5.31. The summed E-state index contributed by atoms with van der Waals surface area (Å²) < 4.78 is 10.6. The molecule has 7 heteroatoms. The average molecular weight is 550 g/mol. The number of carboxylic acid groups (broad SMARTS) is 1. The smallest absolute Gasteiger partial charge is 0.327 e. The lowest BCUT2D eigenvalue weighted by Crippen LogP contribution is -2.43. The molecule has 0 bridgehead atoms. The maximum absolute atomic E-state index is 14.5. The van der Waals surface area contributed by atoms with Crippen LogP contribution in [0.4, 0.5) is 0 Å². The van der Waals surface area contributed by atoms with Gasteiger partial charge in [0.15, 0.2) is 5.78 Å². The summed E-state index contributed by atoms with van der Waals surface area (Å²) in [5.41, 5.74) is 3.08. The van der Waals surface area contributed by atoms with Crippen LogP contribution < -0.4 is 9.47 Å². The van der Waals surface area contributed by atoms with Gasteiger partial charge in [0.1, 0.15) is 17.5 Å². The quantitative estimate of drug-likeness (QED) is 0.273. The van der Waals surface area contributed by atoms with Gasteiger partial charge >= 0.3 is 5.97 Å². The summed E-state index contributed by atoms with van der Waals surface area (Å²) in [4.78, 5) is 43.2. The Morgan fingerprint density at radius 3 is 1.76 bits per heavy atom. The Morgan fingerprint density at radius 1 is 0.683 bits per heavy atom. The van der Waals surface area contributed by atoms with E-state index in [-0.39, 0.29) is 5.78 Å². The third-order valence-electron chi connectivity index (χ3n) is 7.77. The molecule has 1 aliphatic rings. The highest BCUT2D eigenvalue weighted by Crippen LogP contribution is 2.52. The maximum atomic E-state index is 14.5. The Morgan fingerprint density at radius 2 is 1.22 bits per heavy atom. The van der Waals surface area contributed by atoms with Crippen LogP contribution in [0.5, 0.6) is 11.5 Å². The van der Waals surface area contributed by atoms with E-state index in [1.54, 1.807) is 93.1 Å². The molecule has 1 heterocycles. The summed E-state index contributed by atoms with van der Waals surface area (Å²) in [7, 11) is 3.10. The van der Waals surface area contributed by atoms with Crippen LogP contribution in [0.1, 0.15) is 49.4 Å². The van der Waals surface area contributed by atoms with Gasteiger partial charge < -0.3 is 19.5 Å². The summed E-state index contributed by atoms with van der Waals surface area (Å²) in [6.07, 6.45) is 0. The van der Waals surface area contributed by atoms with E-state index < -0.39 is 35.8 Å². The lowest BCUT2D eigenvalue weighted by atomic mass is 9.76. The van der Waals surface area contributed by atoms with Crippen molar-refractivity contribution >= 4 is 17.7 Å². The Balaban J connectivity index is 1.75. The van der Waals surface area contributed by atoms with Gasteiger partial charge in [0.2, 0.25) is 0 Å². The van der Waals surface area contributed by atoms with E-state index in [9.17, 15) is 19.5 Å². The van der Waals surface area contributed by atoms with E-state index in [0.717, 1.165) is 5.56 Å². The molecule has 1 aliphatic heterocycles. The first-order valence-corrected chi connectivity index (χ1v) is 13.3. The molecule has 4 aromatic rings.